The first-order valence-electron chi connectivity index (χ1n) is 4.96. The summed E-state index contributed by atoms with van der Waals surface area (Å²) in [6.07, 6.45) is 5.15. The van der Waals surface area contributed by atoms with Crippen LogP contribution in [0.4, 0.5) is 0 Å². The summed E-state index contributed by atoms with van der Waals surface area (Å²) in [7, 11) is 0. The van der Waals surface area contributed by atoms with E-state index in [9.17, 15) is 0 Å². The van der Waals surface area contributed by atoms with Crippen LogP contribution in [0.2, 0.25) is 0 Å². The van der Waals surface area contributed by atoms with Crippen LogP contribution in [-0.2, 0) is 0 Å². The molecule has 0 saturated carbocycles. The number of rotatable bonds is 2. The van der Waals surface area contributed by atoms with Crippen molar-refractivity contribution in [2.75, 3.05) is 0 Å². The third kappa shape index (κ3) is 1.78. The Hall–Kier alpha value is -2.57. The van der Waals surface area contributed by atoms with Gasteiger partial charge < -0.3 is 4.52 Å². The van der Waals surface area contributed by atoms with E-state index in [-0.39, 0.29) is 0 Å². The molecule has 0 fully saturated rings. The third-order valence-electron chi connectivity index (χ3n) is 2.17. The molecule has 17 heavy (non-hydrogen) atoms. The van der Waals surface area contributed by atoms with E-state index in [1.165, 1.54) is 4.68 Å². The van der Waals surface area contributed by atoms with Gasteiger partial charge in [-0.2, -0.15) is 9.67 Å². The fourth-order valence-corrected chi connectivity index (χ4v) is 1.39. The molecule has 0 saturated heterocycles. The molecule has 7 nitrogen and oxygen atoms in total. The number of pyridine rings is 1. The van der Waals surface area contributed by atoms with Gasteiger partial charge in [0.15, 0.2) is 0 Å². The van der Waals surface area contributed by atoms with Crippen LogP contribution < -0.4 is 0 Å². The Kier molecular flexibility index (Phi) is 2.14. The van der Waals surface area contributed by atoms with Crippen molar-refractivity contribution < 1.29 is 4.52 Å². The molecule has 0 aliphatic rings. The number of nitrogens with zero attached hydrogens (tertiary/aromatic N) is 6. The number of aromatic nitrogens is 6. The Morgan fingerprint density at radius 1 is 1.35 bits per heavy atom. The predicted octanol–water partition coefficient (Wildman–Crippen LogP) is 1.02. The van der Waals surface area contributed by atoms with Crippen molar-refractivity contribution in [3.8, 4) is 17.2 Å². The van der Waals surface area contributed by atoms with Crippen LogP contribution in [0.15, 0.2) is 35.2 Å². The second-order valence-corrected chi connectivity index (χ2v) is 3.40. The lowest BCUT2D eigenvalue weighted by atomic mass is 10.2. The van der Waals surface area contributed by atoms with Crippen molar-refractivity contribution in [1.29, 1.82) is 0 Å². The van der Waals surface area contributed by atoms with Crippen molar-refractivity contribution in [2.24, 2.45) is 0 Å². The SMILES string of the molecule is Cc1nc(-n2cc(-c3cccnc3)nn2)no1. The fourth-order valence-electron chi connectivity index (χ4n) is 1.39. The molecule has 0 aromatic carbocycles. The van der Waals surface area contributed by atoms with E-state index in [2.05, 4.69) is 25.4 Å². The minimum absolute atomic E-state index is 0.366. The van der Waals surface area contributed by atoms with E-state index in [1.54, 1.807) is 25.5 Å². The number of hydrogen-bond acceptors (Lipinski definition) is 6. The van der Waals surface area contributed by atoms with Gasteiger partial charge in [0.25, 0.3) is 5.95 Å². The highest BCUT2D eigenvalue weighted by Crippen LogP contribution is 2.14. The Morgan fingerprint density at radius 3 is 3.00 bits per heavy atom. The van der Waals surface area contributed by atoms with Gasteiger partial charge in [-0.1, -0.05) is 5.21 Å². The summed E-state index contributed by atoms with van der Waals surface area (Å²) in [5.41, 5.74) is 1.60. The van der Waals surface area contributed by atoms with E-state index in [4.69, 9.17) is 4.52 Å². The van der Waals surface area contributed by atoms with Crippen LogP contribution in [0.3, 0.4) is 0 Å². The van der Waals surface area contributed by atoms with Gasteiger partial charge in [-0.3, -0.25) is 4.98 Å². The topological polar surface area (TPSA) is 82.5 Å². The molecular formula is C10H8N6O. The maximum Gasteiger partial charge on any atom is 0.292 e. The molecule has 0 atom stereocenters. The van der Waals surface area contributed by atoms with E-state index in [0.29, 0.717) is 17.5 Å². The molecular weight excluding hydrogens is 220 g/mol. The van der Waals surface area contributed by atoms with Crippen LogP contribution in [-0.4, -0.2) is 30.1 Å². The molecule has 0 amide bonds. The maximum absolute atomic E-state index is 4.87. The van der Waals surface area contributed by atoms with Gasteiger partial charge in [0.1, 0.15) is 5.69 Å². The maximum atomic E-state index is 4.87. The lowest BCUT2D eigenvalue weighted by Gasteiger charge is -1.91. The van der Waals surface area contributed by atoms with Crippen LogP contribution in [0.25, 0.3) is 17.2 Å². The van der Waals surface area contributed by atoms with Crippen molar-refractivity contribution >= 4 is 0 Å². The van der Waals surface area contributed by atoms with E-state index in [1.807, 2.05) is 12.1 Å². The molecule has 0 N–H and O–H groups in total. The molecule has 3 heterocycles. The Balaban J connectivity index is 1.99. The van der Waals surface area contributed by atoms with Gasteiger partial charge in [-0.25, -0.2) is 0 Å². The summed E-state index contributed by atoms with van der Waals surface area (Å²) in [4.78, 5) is 8.08. The predicted molar refractivity (Wildman–Crippen MR) is 57.2 cm³/mol. The molecule has 3 rings (SSSR count). The summed E-state index contributed by atoms with van der Waals surface area (Å²) in [5.74, 6) is 0.851. The molecule has 84 valence electrons. The van der Waals surface area contributed by atoms with Gasteiger partial charge in [0.05, 0.1) is 6.20 Å². The summed E-state index contributed by atoms with van der Waals surface area (Å²) in [6.45, 7) is 1.72. The third-order valence-corrected chi connectivity index (χ3v) is 2.17. The average molecular weight is 228 g/mol. The molecule has 3 aromatic heterocycles. The highest BCUT2D eigenvalue weighted by molar-refractivity contribution is 5.56. The van der Waals surface area contributed by atoms with Crippen molar-refractivity contribution in [2.45, 2.75) is 6.92 Å². The zero-order valence-corrected chi connectivity index (χ0v) is 8.98. The zero-order chi connectivity index (χ0) is 11.7. The number of aryl methyl sites for hydroxylation is 1. The molecule has 0 radical (unpaired) electrons. The largest absolute Gasteiger partial charge is 0.338 e. The lowest BCUT2D eigenvalue weighted by Crippen LogP contribution is -1.96. The summed E-state index contributed by atoms with van der Waals surface area (Å²) in [5, 5.41) is 11.7. The van der Waals surface area contributed by atoms with Crippen LogP contribution in [0.1, 0.15) is 5.89 Å². The summed E-state index contributed by atoms with van der Waals surface area (Å²) < 4.78 is 6.33. The van der Waals surface area contributed by atoms with E-state index >= 15 is 0 Å². The second-order valence-electron chi connectivity index (χ2n) is 3.40. The fraction of sp³-hybridized carbons (Fsp3) is 0.100. The molecule has 0 aliphatic heterocycles. The highest BCUT2D eigenvalue weighted by Gasteiger charge is 2.09. The smallest absolute Gasteiger partial charge is 0.292 e. The molecule has 0 unspecified atom stereocenters. The van der Waals surface area contributed by atoms with Gasteiger partial charge in [-0.15, -0.1) is 5.10 Å². The van der Waals surface area contributed by atoms with Gasteiger partial charge in [0, 0.05) is 24.9 Å². The first-order chi connectivity index (χ1) is 8.33. The molecule has 7 heteroatoms. The first kappa shape index (κ1) is 9.64. The minimum atomic E-state index is 0.366. The summed E-state index contributed by atoms with van der Waals surface area (Å²) in [6, 6.07) is 3.75. The van der Waals surface area contributed by atoms with Crippen molar-refractivity contribution in [1.82, 2.24) is 30.1 Å². The number of hydrogen-bond donors (Lipinski definition) is 0. The normalized spacial score (nSPS) is 10.6. The quantitative estimate of drug-likeness (QED) is 0.651. The average Bonchev–Trinajstić information content (AvgIpc) is 2.98. The van der Waals surface area contributed by atoms with Crippen molar-refractivity contribution in [3.05, 3.63) is 36.6 Å². The van der Waals surface area contributed by atoms with Gasteiger partial charge in [0.2, 0.25) is 5.89 Å². The highest BCUT2D eigenvalue weighted by atomic mass is 16.5. The van der Waals surface area contributed by atoms with Crippen molar-refractivity contribution in [3.63, 3.8) is 0 Å². The molecule has 0 bridgehead atoms. The van der Waals surface area contributed by atoms with Crippen LogP contribution in [0.5, 0.6) is 0 Å². The van der Waals surface area contributed by atoms with Crippen LogP contribution >= 0.6 is 0 Å². The van der Waals surface area contributed by atoms with Gasteiger partial charge >= 0.3 is 0 Å². The van der Waals surface area contributed by atoms with Crippen LogP contribution in [0, 0.1) is 6.92 Å². The van der Waals surface area contributed by atoms with E-state index in [0.717, 1.165) is 5.56 Å². The zero-order valence-electron chi connectivity index (χ0n) is 8.98. The lowest BCUT2D eigenvalue weighted by molar-refractivity contribution is 0.389. The first-order valence-corrected chi connectivity index (χ1v) is 4.96. The minimum Gasteiger partial charge on any atom is -0.338 e. The monoisotopic (exact) mass is 228 g/mol. The van der Waals surface area contributed by atoms with Gasteiger partial charge in [-0.05, 0) is 17.3 Å². The molecule has 0 aliphatic carbocycles. The second kappa shape index (κ2) is 3.78. The summed E-state index contributed by atoms with van der Waals surface area (Å²) >= 11 is 0. The molecule has 0 spiro atoms. The Bertz CT molecular complexity index is 629. The van der Waals surface area contributed by atoms with E-state index < -0.39 is 0 Å². The standard InChI is InChI=1S/C10H8N6O/c1-7-12-10(14-17-7)16-6-9(13-15-16)8-3-2-4-11-5-8/h2-6H,1H3. The Labute approximate surface area is 96.1 Å². The Morgan fingerprint density at radius 2 is 2.29 bits per heavy atom. The molecule has 3 aromatic rings.